The molecule has 1 amide bonds. The van der Waals surface area contributed by atoms with E-state index < -0.39 is 0 Å². The second-order valence-corrected chi connectivity index (χ2v) is 7.60. The Bertz CT molecular complexity index is 859. The second kappa shape index (κ2) is 9.58. The van der Waals surface area contributed by atoms with E-state index in [1.165, 1.54) is 24.9 Å². The van der Waals surface area contributed by atoms with E-state index in [0.717, 1.165) is 23.5 Å². The Balaban J connectivity index is 1.44. The molecule has 1 saturated heterocycles. The Morgan fingerprint density at radius 1 is 1.18 bits per heavy atom. The van der Waals surface area contributed by atoms with Gasteiger partial charge in [-0.1, -0.05) is 6.07 Å². The number of carbonyl (C=O) groups is 1. The van der Waals surface area contributed by atoms with Gasteiger partial charge in [0, 0.05) is 37.6 Å². The number of hydrogen-bond donors (Lipinski definition) is 0. The average molecular weight is 399 g/mol. The van der Waals surface area contributed by atoms with Crippen LogP contribution in [0.5, 0.6) is 5.75 Å². The Morgan fingerprint density at radius 2 is 1.89 bits per heavy atom. The summed E-state index contributed by atoms with van der Waals surface area (Å²) in [6.07, 6.45) is 0. The first kappa shape index (κ1) is 20.2. The summed E-state index contributed by atoms with van der Waals surface area (Å²) in [5.74, 6) is 0.396. The molecular formula is C21H22FN3O2S. The average Bonchev–Trinajstić information content (AvgIpc) is 2.73. The lowest BCUT2D eigenvalue weighted by Gasteiger charge is -2.34. The quantitative estimate of drug-likeness (QED) is 0.699. The molecule has 1 heterocycles. The van der Waals surface area contributed by atoms with Gasteiger partial charge >= 0.3 is 0 Å². The highest BCUT2D eigenvalue weighted by molar-refractivity contribution is 8.00. The third kappa shape index (κ3) is 5.24. The van der Waals surface area contributed by atoms with Crippen LogP contribution < -0.4 is 4.74 Å². The predicted molar refractivity (Wildman–Crippen MR) is 107 cm³/mol. The zero-order chi connectivity index (χ0) is 19.9. The Labute approximate surface area is 168 Å². The van der Waals surface area contributed by atoms with Gasteiger partial charge in [-0.3, -0.25) is 9.69 Å². The lowest BCUT2D eigenvalue weighted by Crippen LogP contribution is -2.48. The maximum atomic E-state index is 13.8. The van der Waals surface area contributed by atoms with Crippen LogP contribution in [-0.4, -0.2) is 54.7 Å². The fourth-order valence-corrected chi connectivity index (χ4v) is 3.89. The maximum Gasteiger partial charge on any atom is 0.233 e. The minimum absolute atomic E-state index is 0.115. The number of piperazine rings is 1. The smallest absolute Gasteiger partial charge is 0.233 e. The van der Waals surface area contributed by atoms with E-state index in [-0.39, 0.29) is 17.5 Å². The highest BCUT2D eigenvalue weighted by atomic mass is 32.2. The van der Waals surface area contributed by atoms with Crippen molar-refractivity contribution in [1.82, 2.24) is 9.80 Å². The number of methoxy groups -OCH3 is 1. The van der Waals surface area contributed by atoms with Crippen molar-refractivity contribution in [2.45, 2.75) is 11.4 Å². The molecule has 0 aliphatic carbocycles. The van der Waals surface area contributed by atoms with Crippen LogP contribution in [0.2, 0.25) is 0 Å². The fourth-order valence-electron chi connectivity index (χ4n) is 3.08. The summed E-state index contributed by atoms with van der Waals surface area (Å²) in [5, 5.41) is 8.82. The molecule has 0 atom stereocenters. The molecule has 7 heteroatoms. The van der Waals surface area contributed by atoms with Crippen LogP contribution in [0.1, 0.15) is 11.1 Å². The van der Waals surface area contributed by atoms with Crippen molar-refractivity contribution in [3.8, 4) is 11.8 Å². The van der Waals surface area contributed by atoms with Crippen LogP contribution in [-0.2, 0) is 11.3 Å². The van der Waals surface area contributed by atoms with Gasteiger partial charge in [0.2, 0.25) is 5.91 Å². The molecule has 0 saturated carbocycles. The Morgan fingerprint density at radius 3 is 2.50 bits per heavy atom. The highest BCUT2D eigenvalue weighted by Crippen LogP contribution is 2.21. The number of amides is 1. The van der Waals surface area contributed by atoms with Crippen LogP contribution in [0, 0.1) is 17.1 Å². The van der Waals surface area contributed by atoms with Gasteiger partial charge in [-0.25, -0.2) is 4.39 Å². The van der Waals surface area contributed by atoms with Gasteiger partial charge in [0.05, 0.1) is 24.5 Å². The van der Waals surface area contributed by atoms with Gasteiger partial charge in [0.15, 0.2) is 11.6 Å². The summed E-state index contributed by atoms with van der Waals surface area (Å²) in [4.78, 5) is 17.5. The molecule has 5 nitrogen and oxygen atoms in total. The zero-order valence-corrected chi connectivity index (χ0v) is 16.5. The number of thioether (sulfide) groups is 1. The van der Waals surface area contributed by atoms with Crippen molar-refractivity contribution in [3.63, 3.8) is 0 Å². The molecule has 3 rings (SSSR count). The molecular weight excluding hydrogens is 377 g/mol. The van der Waals surface area contributed by atoms with Gasteiger partial charge in [0.25, 0.3) is 0 Å². The van der Waals surface area contributed by atoms with Gasteiger partial charge in [-0.15, -0.1) is 11.8 Å². The molecule has 0 unspecified atom stereocenters. The van der Waals surface area contributed by atoms with Crippen molar-refractivity contribution >= 4 is 17.7 Å². The summed E-state index contributed by atoms with van der Waals surface area (Å²) in [5.41, 5.74) is 1.51. The largest absolute Gasteiger partial charge is 0.494 e. The number of halogens is 1. The lowest BCUT2D eigenvalue weighted by molar-refractivity contribution is -0.130. The van der Waals surface area contributed by atoms with Gasteiger partial charge in [-0.2, -0.15) is 5.26 Å². The monoisotopic (exact) mass is 399 g/mol. The number of hydrogen-bond acceptors (Lipinski definition) is 5. The molecule has 0 radical (unpaired) electrons. The van der Waals surface area contributed by atoms with Gasteiger partial charge in [-0.05, 0) is 42.0 Å². The Kier molecular flexibility index (Phi) is 6.90. The molecule has 0 aromatic heterocycles. The first-order valence-corrected chi connectivity index (χ1v) is 10.0. The number of rotatable bonds is 6. The summed E-state index contributed by atoms with van der Waals surface area (Å²) >= 11 is 1.48. The van der Waals surface area contributed by atoms with Crippen LogP contribution in [0.4, 0.5) is 4.39 Å². The number of benzene rings is 2. The summed E-state index contributed by atoms with van der Waals surface area (Å²) in [6.45, 7) is 3.53. The van der Waals surface area contributed by atoms with E-state index in [1.54, 1.807) is 18.2 Å². The van der Waals surface area contributed by atoms with Crippen molar-refractivity contribution in [2.24, 2.45) is 0 Å². The summed E-state index contributed by atoms with van der Waals surface area (Å²) < 4.78 is 18.8. The molecule has 1 aliphatic rings. The standard InChI is InChI=1S/C21H22FN3O2S/c1-27-20-7-4-17(12-19(20)22)14-24-8-10-25(11-9-24)21(26)15-28-18-5-2-16(13-23)3-6-18/h2-7,12H,8-11,14-15H2,1H3. The molecule has 0 spiro atoms. The minimum Gasteiger partial charge on any atom is -0.494 e. The van der Waals surface area contributed by atoms with E-state index in [9.17, 15) is 9.18 Å². The van der Waals surface area contributed by atoms with Crippen molar-refractivity contribution in [3.05, 3.63) is 59.4 Å². The van der Waals surface area contributed by atoms with E-state index in [1.807, 2.05) is 23.1 Å². The van der Waals surface area contributed by atoms with E-state index in [2.05, 4.69) is 11.0 Å². The number of nitriles is 1. The van der Waals surface area contributed by atoms with Crippen molar-refractivity contribution in [1.29, 1.82) is 5.26 Å². The molecule has 146 valence electrons. The minimum atomic E-state index is -0.353. The van der Waals surface area contributed by atoms with E-state index in [4.69, 9.17) is 10.00 Å². The van der Waals surface area contributed by atoms with Crippen LogP contribution in [0.15, 0.2) is 47.4 Å². The lowest BCUT2D eigenvalue weighted by atomic mass is 10.2. The molecule has 28 heavy (non-hydrogen) atoms. The third-order valence-electron chi connectivity index (χ3n) is 4.69. The maximum absolute atomic E-state index is 13.8. The van der Waals surface area contributed by atoms with Crippen molar-refractivity contribution in [2.75, 3.05) is 39.0 Å². The van der Waals surface area contributed by atoms with Crippen LogP contribution in [0.3, 0.4) is 0 Å². The van der Waals surface area contributed by atoms with Gasteiger partial charge < -0.3 is 9.64 Å². The predicted octanol–water partition coefficient (Wildman–Crippen LogP) is 3.14. The zero-order valence-electron chi connectivity index (χ0n) is 15.7. The summed E-state index contributed by atoms with van der Waals surface area (Å²) in [6, 6.07) is 14.3. The number of nitrogens with zero attached hydrogens (tertiary/aromatic N) is 3. The highest BCUT2D eigenvalue weighted by Gasteiger charge is 2.21. The normalized spacial score (nSPS) is 14.5. The molecule has 1 fully saturated rings. The molecule has 0 N–H and O–H groups in total. The summed E-state index contributed by atoms with van der Waals surface area (Å²) in [7, 11) is 1.45. The Hall–Kier alpha value is -2.56. The van der Waals surface area contributed by atoms with Crippen molar-refractivity contribution < 1.29 is 13.9 Å². The molecule has 2 aromatic carbocycles. The van der Waals surface area contributed by atoms with E-state index >= 15 is 0 Å². The first-order chi connectivity index (χ1) is 13.6. The van der Waals surface area contributed by atoms with Gasteiger partial charge in [0.1, 0.15) is 0 Å². The molecule has 1 aliphatic heterocycles. The number of carbonyl (C=O) groups excluding carboxylic acids is 1. The number of ether oxygens (including phenoxy) is 1. The second-order valence-electron chi connectivity index (χ2n) is 6.55. The van der Waals surface area contributed by atoms with Crippen LogP contribution >= 0.6 is 11.8 Å². The fraction of sp³-hybridized carbons (Fsp3) is 0.333. The molecule has 0 bridgehead atoms. The first-order valence-electron chi connectivity index (χ1n) is 9.04. The molecule has 2 aromatic rings. The third-order valence-corrected chi connectivity index (χ3v) is 5.69. The topological polar surface area (TPSA) is 56.6 Å². The van der Waals surface area contributed by atoms with Crippen LogP contribution in [0.25, 0.3) is 0 Å². The van der Waals surface area contributed by atoms with E-state index in [0.29, 0.717) is 31.0 Å². The SMILES string of the molecule is COc1ccc(CN2CCN(C(=O)CSc3ccc(C#N)cc3)CC2)cc1F.